The van der Waals surface area contributed by atoms with Gasteiger partial charge in [0.05, 0.1) is 0 Å². The number of hydrogen-bond acceptors (Lipinski definition) is 2. The smallest absolute Gasteiger partial charge is 0.158 e. The molecule has 0 N–H and O–H groups in total. The molecular formula is C14H26O2. The molecule has 0 unspecified atom stereocenters. The maximum atomic E-state index is 11.4. The van der Waals surface area contributed by atoms with Crippen molar-refractivity contribution >= 4 is 5.78 Å². The van der Waals surface area contributed by atoms with E-state index in [9.17, 15) is 4.79 Å². The van der Waals surface area contributed by atoms with Gasteiger partial charge in [-0.1, -0.05) is 51.4 Å². The molecule has 0 amide bonds. The summed E-state index contributed by atoms with van der Waals surface area (Å²) < 4.78 is 5.37. The zero-order valence-corrected chi connectivity index (χ0v) is 10.5. The lowest BCUT2D eigenvalue weighted by Gasteiger charge is -2.03. The molecule has 1 fully saturated rings. The molecule has 16 heavy (non-hydrogen) atoms. The van der Waals surface area contributed by atoms with Gasteiger partial charge in [0.2, 0.25) is 0 Å². The molecule has 1 rings (SSSR count). The fourth-order valence-corrected chi connectivity index (χ4v) is 2.20. The van der Waals surface area contributed by atoms with Crippen LogP contribution in [0, 0.1) is 0 Å². The summed E-state index contributed by atoms with van der Waals surface area (Å²) in [6, 6.07) is 0. The lowest BCUT2D eigenvalue weighted by atomic mass is 10.1. The van der Waals surface area contributed by atoms with Crippen LogP contribution >= 0.6 is 0 Å². The van der Waals surface area contributed by atoms with Crippen LogP contribution in [0.4, 0.5) is 0 Å². The Morgan fingerprint density at radius 1 is 0.688 bits per heavy atom. The Morgan fingerprint density at radius 2 is 1.19 bits per heavy atom. The summed E-state index contributed by atoms with van der Waals surface area (Å²) in [5.41, 5.74) is 0. The topological polar surface area (TPSA) is 26.3 Å². The third-order valence-electron chi connectivity index (χ3n) is 3.26. The number of carbonyl (C=O) groups excluding carboxylic acids is 1. The summed E-state index contributed by atoms with van der Waals surface area (Å²) in [6.45, 7) is 1.12. The Hall–Kier alpha value is -0.370. The maximum Gasteiger partial charge on any atom is 0.158 e. The van der Waals surface area contributed by atoms with Crippen molar-refractivity contribution in [2.24, 2.45) is 0 Å². The van der Waals surface area contributed by atoms with E-state index in [0.29, 0.717) is 6.61 Å². The van der Waals surface area contributed by atoms with Crippen LogP contribution in [-0.4, -0.2) is 19.0 Å². The van der Waals surface area contributed by atoms with Gasteiger partial charge in [-0.3, -0.25) is 4.79 Å². The predicted octanol–water partition coefficient (Wildman–Crippen LogP) is 3.88. The van der Waals surface area contributed by atoms with E-state index < -0.39 is 0 Å². The highest BCUT2D eigenvalue weighted by molar-refractivity contribution is 5.79. The highest BCUT2D eigenvalue weighted by Crippen LogP contribution is 2.12. The van der Waals surface area contributed by atoms with Gasteiger partial charge in [-0.05, 0) is 12.8 Å². The zero-order chi connectivity index (χ0) is 11.5. The average Bonchev–Trinajstić information content (AvgIpc) is 2.29. The first-order valence-electron chi connectivity index (χ1n) is 6.99. The van der Waals surface area contributed by atoms with Crippen molar-refractivity contribution in [2.45, 2.75) is 70.6 Å². The Labute approximate surface area is 99.8 Å². The van der Waals surface area contributed by atoms with E-state index in [1.807, 2.05) is 0 Å². The van der Waals surface area contributed by atoms with E-state index in [1.54, 1.807) is 0 Å². The highest BCUT2D eigenvalue weighted by Gasteiger charge is 2.02. The molecule has 1 aliphatic heterocycles. The van der Waals surface area contributed by atoms with Crippen molar-refractivity contribution in [3.8, 4) is 0 Å². The van der Waals surface area contributed by atoms with E-state index in [-0.39, 0.29) is 5.78 Å². The Kier molecular flexibility index (Phi) is 8.41. The molecule has 1 aliphatic rings. The van der Waals surface area contributed by atoms with E-state index in [4.69, 9.17) is 4.74 Å². The molecule has 1 saturated heterocycles. The molecule has 0 spiro atoms. The molecule has 0 radical (unpaired) electrons. The second-order valence-corrected chi connectivity index (χ2v) is 4.88. The van der Waals surface area contributed by atoms with Gasteiger partial charge in [0, 0.05) is 13.0 Å². The van der Waals surface area contributed by atoms with Gasteiger partial charge in [0.25, 0.3) is 0 Å². The molecular weight excluding hydrogens is 200 g/mol. The van der Waals surface area contributed by atoms with Crippen molar-refractivity contribution < 1.29 is 9.53 Å². The van der Waals surface area contributed by atoms with E-state index in [2.05, 4.69) is 0 Å². The van der Waals surface area contributed by atoms with Gasteiger partial charge in [0.1, 0.15) is 6.61 Å². The molecule has 0 saturated carbocycles. The van der Waals surface area contributed by atoms with Gasteiger partial charge in [0.15, 0.2) is 5.78 Å². The molecule has 0 aliphatic carbocycles. The Balaban J connectivity index is 2.13. The SMILES string of the molecule is O=C1CCCCCCCCCCCCOC1. The number of Topliss-reactive ketones (excluding diaryl/α,β-unsaturated/α-hetero) is 1. The number of carbonyl (C=O) groups is 1. The monoisotopic (exact) mass is 226 g/mol. The van der Waals surface area contributed by atoms with Crippen LogP contribution in [0.1, 0.15) is 70.6 Å². The summed E-state index contributed by atoms with van der Waals surface area (Å²) in [5.74, 6) is 0.287. The fourth-order valence-electron chi connectivity index (χ4n) is 2.20. The van der Waals surface area contributed by atoms with Gasteiger partial charge < -0.3 is 4.74 Å². The lowest BCUT2D eigenvalue weighted by Crippen LogP contribution is -2.09. The quantitative estimate of drug-likeness (QED) is 0.626. The third-order valence-corrected chi connectivity index (χ3v) is 3.26. The second-order valence-electron chi connectivity index (χ2n) is 4.88. The van der Waals surface area contributed by atoms with E-state index >= 15 is 0 Å². The van der Waals surface area contributed by atoms with E-state index in [0.717, 1.165) is 25.9 Å². The zero-order valence-electron chi connectivity index (χ0n) is 10.5. The summed E-state index contributed by atoms with van der Waals surface area (Å²) in [7, 11) is 0. The number of ether oxygens (including phenoxy) is 1. The van der Waals surface area contributed by atoms with Gasteiger partial charge >= 0.3 is 0 Å². The van der Waals surface area contributed by atoms with Crippen molar-refractivity contribution in [3.05, 3.63) is 0 Å². The molecule has 0 atom stereocenters. The predicted molar refractivity (Wildman–Crippen MR) is 66.6 cm³/mol. The van der Waals surface area contributed by atoms with Crippen LogP contribution in [0.15, 0.2) is 0 Å². The van der Waals surface area contributed by atoms with Gasteiger partial charge in [-0.25, -0.2) is 0 Å². The van der Waals surface area contributed by atoms with Crippen molar-refractivity contribution in [1.29, 1.82) is 0 Å². The minimum atomic E-state index is 0.287. The minimum absolute atomic E-state index is 0.287. The first-order chi connectivity index (χ1) is 7.89. The molecule has 0 bridgehead atoms. The summed E-state index contributed by atoms with van der Waals surface area (Å²) in [4.78, 5) is 11.4. The molecule has 2 heteroatoms. The van der Waals surface area contributed by atoms with Gasteiger partial charge in [-0.15, -0.1) is 0 Å². The Morgan fingerprint density at radius 3 is 1.81 bits per heavy atom. The first-order valence-corrected chi connectivity index (χ1v) is 6.99. The average molecular weight is 226 g/mol. The summed E-state index contributed by atoms with van der Waals surface area (Å²) in [5, 5.41) is 0. The normalized spacial score (nSPS) is 23.4. The van der Waals surface area contributed by atoms with Crippen molar-refractivity contribution in [3.63, 3.8) is 0 Å². The standard InChI is InChI=1S/C14H26O2/c15-14-11-9-7-5-3-1-2-4-6-8-10-12-16-13-14/h1-13H2. The fraction of sp³-hybridized carbons (Fsp3) is 0.929. The number of hydrogen-bond donors (Lipinski definition) is 0. The molecule has 0 aromatic heterocycles. The number of ketones is 1. The van der Waals surface area contributed by atoms with Crippen molar-refractivity contribution in [2.75, 3.05) is 13.2 Å². The van der Waals surface area contributed by atoms with Crippen LogP contribution in [0.25, 0.3) is 0 Å². The minimum Gasteiger partial charge on any atom is -0.374 e. The molecule has 2 nitrogen and oxygen atoms in total. The Bertz CT molecular complexity index is 160. The molecule has 1 heterocycles. The van der Waals surface area contributed by atoms with Crippen LogP contribution in [0.2, 0.25) is 0 Å². The second kappa shape index (κ2) is 9.83. The third kappa shape index (κ3) is 7.86. The molecule has 0 aromatic carbocycles. The lowest BCUT2D eigenvalue weighted by molar-refractivity contribution is -0.123. The van der Waals surface area contributed by atoms with Crippen LogP contribution in [0.3, 0.4) is 0 Å². The summed E-state index contributed by atoms with van der Waals surface area (Å²) >= 11 is 0. The van der Waals surface area contributed by atoms with E-state index in [1.165, 1.54) is 51.4 Å². The van der Waals surface area contributed by atoms with Crippen LogP contribution in [0.5, 0.6) is 0 Å². The first kappa shape index (κ1) is 13.7. The van der Waals surface area contributed by atoms with Crippen LogP contribution in [-0.2, 0) is 9.53 Å². The van der Waals surface area contributed by atoms with Crippen molar-refractivity contribution in [1.82, 2.24) is 0 Å². The maximum absolute atomic E-state index is 11.4. The van der Waals surface area contributed by atoms with Gasteiger partial charge in [-0.2, -0.15) is 0 Å². The molecule has 94 valence electrons. The molecule has 0 aromatic rings. The summed E-state index contributed by atoms with van der Waals surface area (Å²) in [6.07, 6.45) is 13.5. The largest absolute Gasteiger partial charge is 0.374 e. The number of rotatable bonds is 0. The van der Waals surface area contributed by atoms with Crippen LogP contribution < -0.4 is 0 Å². The highest BCUT2D eigenvalue weighted by atomic mass is 16.5.